The summed E-state index contributed by atoms with van der Waals surface area (Å²) < 4.78 is 13.1. The maximum atomic E-state index is 6.79. The van der Waals surface area contributed by atoms with Gasteiger partial charge in [0.25, 0.3) is 0 Å². The molecule has 3 aromatic heterocycles. The fourth-order valence-electron chi connectivity index (χ4n) is 8.51. The van der Waals surface area contributed by atoms with E-state index in [2.05, 4.69) is 146 Å². The molecule has 0 radical (unpaired) electrons. The molecule has 0 aliphatic heterocycles. The van der Waals surface area contributed by atoms with Crippen molar-refractivity contribution in [1.29, 1.82) is 0 Å². The summed E-state index contributed by atoms with van der Waals surface area (Å²) in [5.41, 5.74) is 10.2. The fourth-order valence-corrected chi connectivity index (χ4v) is 8.51. The summed E-state index contributed by atoms with van der Waals surface area (Å²) in [7, 11) is 0. The van der Waals surface area contributed by atoms with Crippen LogP contribution in [0.5, 0.6) is 0 Å². The highest BCUT2D eigenvalue weighted by molar-refractivity contribution is 6.16. The van der Waals surface area contributed by atoms with E-state index in [-0.39, 0.29) is 0 Å². The van der Waals surface area contributed by atoms with Gasteiger partial charge in [-0.25, -0.2) is 15.0 Å². The number of benzene rings is 9. The minimum atomic E-state index is 0.561. The van der Waals surface area contributed by atoms with Gasteiger partial charge in [0.05, 0.1) is 0 Å². The van der Waals surface area contributed by atoms with E-state index in [1.165, 1.54) is 10.8 Å². The van der Waals surface area contributed by atoms with E-state index < -0.39 is 0 Å². The Morgan fingerprint density at radius 2 is 0.810 bits per heavy atom. The van der Waals surface area contributed by atoms with Crippen LogP contribution in [0.25, 0.3) is 122 Å². The highest BCUT2D eigenvalue weighted by atomic mass is 16.3. The van der Waals surface area contributed by atoms with Crippen molar-refractivity contribution in [3.63, 3.8) is 0 Å². The van der Waals surface area contributed by atoms with Crippen LogP contribution < -0.4 is 0 Å². The summed E-state index contributed by atoms with van der Waals surface area (Å²) >= 11 is 0. The molecule has 0 atom stereocenters. The molecule has 12 aromatic rings. The van der Waals surface area contributed by atoms with E-state index in [4.69, 9.17) is 23.8 Å². The second-order valence-electron chi connectivity index (χ2n) is 14.8. The largest absolute Gasteiger partial charge is 0.456 e. The Kier molecular flexibility index (Phi) is 7.16. The lowest BCUT2D eigenvalue weighted by molar-refractivity contribution is 0.669. The van der Waals surface area contributed by atoms with Gasteiger partial charge in [-0.05, 0) is 86.8 Å². The molecular formula is C53H31N3O2. The van der Waals surface area contributed by atoms with Crippen molar-refractivity contribution < 1.29 is 8.83 Å². The standard InChI is InChI=1S/C53H31N3O2/c1-3-13-34-29-37(25-23-32(34)11-1)36-15-9-16-38(30-36)40-27-28-44(49-42-18-6-8-21-46(42)58-50(40)49)53-55-51(39-26-24-33-12-2-4-14-35(33)31-39)54-52(56-53)43-19-10-22-47-48(43)41-17-5-7-20-45(41)57-47/h1-31H. The number of para-hydroxylation sites is 2. The van der Waals surface area contributed by atoms with E-state index in [1.54, 1.807) is 0 Å². The van der Waals surface area contributed by atoms with Crippen LogP contribution in [-0.2, 0) is 0 Å². The van der Waals surface area contributed by atoms with Gasteiger partial charge in [0.1, 0.15) is 22.3 Å². The number of nitrogens with zero attached hydrogens (tertiary/aromatic N) is 3. The van der Waals surface area contributed by atoms with Gasteiger partial charge in [-0.3, -0.25) is 0 Å². The molecule has 0 aliphatic carbocycles. The third kappa shape index (κ3) is 5.21. The molecule has 9 aromatic carbocycles. The summed E-state index contributed by atoms with van der Waals surface area (Å²) in [5.74, 6) is 1.72. The molecule has 0 spiro atoms. The van der Waals surface area contributed by atoms with E-state index in [0.717, 1.165) is 93.6 Å². The van der Waals surface area contributed by atoms with Crippen LogP contribution in [0.15, 0.2) is 197 Å². The summed E-state index contributed by atoms with van der Waals surface area (Å²) in [4.78, 5) is 15.8. The second-order valence-corrected chi connectivity index (χ2v) is 14.8. The molecule has 58 heavy (non-hydrogen) atoms. The number of rotatable bonds is 5. The molecule has 3 heterocycles. The predicted molar refractivity (Wildman–Crippen MR) is 237 cm³/mol. The van der Waals surface area contributed by atoms with Crippen LogP contribution >= 0.6 is 0 Å². The van der Waals surface area contributed by atoms with Gasteiger partial charge in [-0.15, -0.1) is 0 Å². The van der Waals surface area contributed by atoms with Crippen molar-refractivity contribution in [1.82, 2.24) is 15.0 Å². The number of hydrogen-bond donors (Lipinski definition) is 0. The third-order valence-corrected chi connectivity index (χ3v) is 11.3. The van der Waals surface area contributed by atoms with Crippen LogP contribution in [-0.4, -0.2) is 15.0 Å². The first-order valence-corrected chi connectivity index (χ1v) is 19.4. The Morgan fingerprint density at radius 1 is 0.293 bits per heavy atom. The Morgan fingerprint density at radius 3 is 1.57 bits per heavy atom. The van der Waals surface area contributed by atoms with Gasteiger partial charge in [0.15, 0.2) is 17.5 Å². The fraction of sp³-hybridized carbons (Fsp3) is 0. The highest BCUT2D eigenvalue weighted by Gasteiger charge is 2.22. The van der Waals surface area contributed by atoms with Crippen molar-refractivity contribution in [3.8, 4) is 56.4 Å². The average Bonchev–Trinajstić information content (AvgIpc) is 3.88. The average molecular weight is 742 g/mol. The Hall–Kier alpha value is -7.89. The smallest absolute Gasteiger partial charge is 0.164 e. The first-order valence-electron chi connectivity index (χ1n) is 19.4. The summed E-state index contributed by atoms with van der Waals surface area (Å²) in [5, 5.41) is 8.65. The molecule has 12 rings (SSSR count). The Bertz CT molecular complexity index is 3600. The molecule has 0 unspecified atom stereocenters. The van der Waals surface area contributed by atoms with Gasteiger partial charge in [0.2, 0.25) is 0 Å². The van der Waals surface area contributed by atoms with Gasteiger partial charge in [0, 0.05) is 43.8 Å². The molecule has 0 aliphatic rings. The molecule has 0 amide bonds. The minimum Gasteiger partial charge on any atom is -0.456 e. The van der Waals surface area contributed by atoms with Crippen LogP contribution in [0.1, 0.15) is 0 Å². The zero-order chi connectivity index (χ0) is 38.2. The normalized spacial score (nSPS) is 11.8. The van der Waals surface area contributed by atoms with Crippen LogP contribution in [0.2, 0.25) is 0 Å². The number of hydrogen-bond acceptors (Lipinski definition) is 5. The summed E-state index contributed by atoms with van der Waals surface area (Å²) in [6, 6.07) is 65.2. The van der Waals surface area contributed by atoms with Gasteiger partial charge < -0.3 is 8.83 Å². The predicted octanol–water partition coefficient (Wildman–Crippen LogP) is 14.3. The van der Waals surface area contributed by atoms with E-state index in [1.807, 2.05) is 42.5 Å². The lowest BCUT2D eigenvalue weighted by Gasteiger charge is -2.12. The van der Waals surface area contributed by atoms with E-state index in [9.17, 15) is 0 Å². The van der Waals surface area contributed by atoms with Crippen molar-refractivity contribution in [3.05, 3.63) is 188 Å². The van der Waals surface area contributed by atoms with Gasteiger partial charge >= 0.3 is 0 Å². The molecule has 5 nitrogen and oxygen atoms in total. The zero-order valence-electron chi connectivity index (χ0n) is 31.1. The van der Waals surface area contributed by atoms with Crippen molar-refractivity contribution >= 4 is 65.4 Å². The lowest BCUT2D eigenvalue weighted by Crippen LogP contribution is -2.01. The molecule has 0 saturated carbocycles. The number of furan rings is 2. The molecule has 0 N–H and O–H groups in total. The first kappa shape index (κ1) is 32.4. The van der Waals surface area contributed by atoms with Crippen molar-refractivity contribution in [2.24, 2.45) is 0 Å². The molecule has 0 fully saturated rings. The summed E-state index contributed by atoms with van der Waals surface area (Å²) in [6.07, 6.45) is 0. The Labute approximate surface area is 332 Å². The molecule has 0 bridgehead atoms. The lowest BCUT2D eigenvalue weighted by atomic mass is 9.94. The van der Waals surface area contributed by atoms with E-state index >= 15 is 0 Å². The van der Waals surface area contributed by atoms with Crippen molar-refractivity contribution in [2.75, 3.05) is 0 Å². The monoisotopic (exact) mass is 741 g/mol. The van der Waals surface area contributed by atoms with Crippen LogP contribution in [0.3, 0.4) is 0 Å². The molecule has 270 valence electrons. The third-order valence-electron chi connectivity index (χ3n) is 11.3. The minimum absolute atomic E-state index is 0.561. The second kappa shape index (κ2) is 12.8. The van der Waals surface area contributed by atoms with E-state index in [0.29, 0.717) is 17.5 Å². The maximum absolute atomic E-state index is 6.79. The topological polar surface area (TPSA) is 65.0 Å². The highest BCUT2D eigenvalue weighted by Crippen LogP contribution is 2.43. The molecule has 5 heteroatoms. The molecule has 0 saturated heterocycles. The summed E-state index contributed by atoms with van der Waals surface area (Å²) in [6.45, 7) is 0. The first-order chi connectivity index (χ1) is 28.7. The number of fused-ring (bicyclic) bond motifs is 8. The van der Waals surface area contributed by atoms with Crippen LogP contribution in [0, 0.1) is 0 Å². The number of aromatic nitrogens is 3. The van der Waals surface area contributed by atoms with Crippen LogP contribution in [0.4, 0.5) is 0 Å². The van der Waals surface area contributed by atoms with Gasteiger partial charge in [-0.1, -0.05) is 140 Å². The van der Waals surface area contributed by atoms with Gasteiger partial charge in [-0.2, -0.15) is 0 Å². The quantitative estimate of drug-likeness (QED) is 0.176. The van der Waals surface area contributed by atoms with Crippen molar-refractivity contribution in [2.45, 2.75) is 0 Å². The SMILES string of the molecule is c1cc(-c2ccc3ccccc3c2)cc(-c2ccc(-c3nc(-c4ccc5ccccc5c4)nc(-c4cccc5oc6ccccc6c45)n3)c3c2oc2ccccc23)c1. The molecular weight excluding hydrogens is 711 g/mol. The maximum Gasteiger partial charge on any atom is 0.164 e. The zero-order valence-corrected chi connectivity index (χ0v) is 31.1. The Balaban J connectivity index is 1.09.